The van der Waals surface area contributed by atoms with Crippen molar-refractivity contribution in [3.05, 3.63) is 59.9 Å². The van der Waals surface area contributed by atoms with Gasteiger partial charge in [-0.05, 0) is 43.3 Å². The molecule has 2 saturated heterocycles. The molecule has 9 heteroatoms. The highest BCUT2D eigenvalue weighted by Crippen LogP contribution is 2.30. The van der Waals surface area contributed by atoms with Gasteiger partial charge in [0.1, 0.15) is 5.82 Å². The SMILES string of the molecule is Cc1ccc(S(=O)(=O)C2CS(=O)(=O)CC2N2CCN(c3ccc(F)cc3)CC2)cc1. The van der Waals surface area contributed by atoms with Crippen LogP contribution in [0.1, 0.15) is 5.56 Å². The lowest BCUT2D eigenvalue weighted by atomic mass is 10.1. The molecule has 2 unspecified atom stereocenters. The van der Waals surface area contributed by atoms with Crippen molar-refractivity contribution < 1.29 is 21.2 Å². The molecule has 0 radical (unpaired) electrons. The van der Waals surface area contributed by atoms with Crippen LogP contribution in [-0.4, -0.2) is 70.7 Å². The van der Waals surface area contributed by atoms with Gasteiger partial charge in [-0.15, -0.1) is 0 Å². The van der Waals surface area contributed by atoms with Crippen LogP contribution >= 0.6 is 0 Å². The first kappa shape index (κ1) is 21.3. The van der Waals surface area contributed by atoms with Crippen LogP contribution in [0, 0.1) is 12.7 Å². The molecule has 2 aromatic rings. The van der Waals surface area contributed by atoms with Gasteiger partial charge in [0.25, 0.3) is 0 Å². The largest absolute Gasteiger partial charge is 0.369 e. The Hall–Kier alpha value is -1.97. The number of halogens is 1. The van der Waals surface area contributed by atoms with Crippen LogP contribution < -0.4 is 4.90 Å². The molecule has 0 aromatic heterocycles. The van der Waals surface area contributed by atoms with E-state index in [2.05, 4.69) is 4.90 Å². The first-order valence-electron chi connectivity index (χ1n) is 9.91. The first-order valence-corrected chi connectivity index (χ1v) is 13.3. The molecule has 2 heterocycles. The summed E-state index contributed by atoms with van der Waals surface area (Å²) in [5.74, 6) is -0.775. The van der Waals surface area contributed by atoms with Crippen LogP contribution in [0.4, 0.5) is 10.1 Å². The first-order chi connectivity index (χ1) is 14.2. The lowest BCUT2D eigenvalue weighted by Crippen LogP contribution is -2.55. The molecule has 6 nitrogen and oxygen atoms in total. The third-order valence-corrected chi connectivity index (χ3v) is 10.1. The second-order valence-corrected chi connectivity index (χ2v) is 12.4. The summed E-state index contributed by atoms with van der Waals surface area (Å²) in [6.45, 7) is 4.23. The molecule has 162 valence electrons. The summed E-state index contributed by atoms with van der Waals surface area (Å²) in [5, 5.41) is -0.970. The topological polar surface area (TPSA) is 74.8 Å². The fourth-order valence-electron chi connectivity index (χ4n) is 4.30. The van der Waals surface area contributed by atoms with Gasteiger partial charge in [-0.2, -0.15) is 0 Å². The average molecular weight is 453 g/mol. The van der Waals surface area contributed by atoms with Crippen LogP contribution in [-0.2, 0) is 19.7 Å². The van der Waals surface area contributed by atoms with Gasteiger partial charge in [0.05, 0.1) is 21.7 Å². The number of sulfone groups is 2. The standard InChI is InChI=1S/C21H25FN2O4S2/c1-16-2-8-19(9-3-16)30(27,28)21-15-29(25,26)14-20(21)24-12-10-23(11-13-24)18-6-4-17(22)5-7-18/h2-9,20-21H,10-15H2,1H3. The van der Waals surface area contributed by atoms with Gasteiger partial charge in [-0.3, -0.25) is 4.90 Å². The van der Waals surface area contributed by atoms with E-state index in [4.69, 9.17) is 0 Å². The quantitative estimate of drug-likeness (QED) is 0.705. The van der Waals surface area contributed by atoms with E-state index in [1.165, 1.54) is 12.1 Å². The molecule has 0 amide bonds. The Morgan fingerprint density at radius 2 is 1.50 bits per heavy atom. The van der Waals surface area contributed by atoms with E-state index >= 15 is 0 Å². The van der Waals surface area contributed by atoms with Gasteiger partial charge in [0.15, 0.2) is 19.7 Å². The van der Waals surface area contributed by atoms with Gasteiger partial charge in [-0.25, -0.2) is 21.2 Å². The molecule has 2 atom stereocenters. The Bertz CT molecular complexity index is 1110. The predicted octanol–water partition coefficient (Wildman–Crippen LogP) is 1.90. The highest BCUT2D eigenvalue weighted by atomic mass is 32.2. The molecule has 30 heavy (non-hydrogen) atoms. The van der Waals surface area contributed by atoms with E-state index in [0.717, 1.165) is 11.3 Å². The Kier molecular flexibility index (Phi) is 5.63. The maximum Gasteiger partial charge on any atom is 0.183 e. The van der Waals surface area contributed by atoms with Gasteiger partial charge < -0.3 is 4.90 Å². The number of hydrogen-bond acceptors (Lipinski definition) is 6. The third-order valence-electron chi connectivity index (χ3n) is 6.00. The lowest BCUT2D eigenvalue weighted by Gasteiger charge is -2.40. The molecule has 0 N–H and O–H groups in total. The highest BCUT2D eigenvalue weighted by Gasteiger charge is 2.48. The molecule has 0 saturated carbocycles. The Labute approximate surface area is 177 Å². The molecule has 0 bridgehead atoms. The van der Waals surface area contributed by atoms with Crippen LogP contribution in [0.3, 0.4) is 0 Å². The smallest absolute Gasteiger partial charge is 0.183 e. The van der Waals surface area contributed by atoms with Crippen LogP contribution in [0.15, 0.2) is 53.4 Å². The summed E-state index contributed by atoms with van der Waals surface area (Å²) in [4.78, 5) is 4.26. The molecule has 2 aliphatic rings. The third kappa shape index (κ3) is 4.24. The zero-order valence-corrected chi connectivity index (χ0v) is 18.4. The predicted molar refractivity (Wildman–Crippen MR) is 115 cm³/mol. The van der Waals surface area contributed by atoms with E-state index < -0.39 is 31.0 Å². The van der Waals surface area contributed by atoms with Crippen molar-refractivity contribution in [1.82, 2.24) is 4.90 Å². The van der Waals surface area contributed by atoms with Crippen LogP contribution in [0.5, 0.6) is 0 Å². The summed E-state index contributed by atoms with van der Waals surface area (Å²) in [6, 6.07) is 12.3. The summed E-state index contributed by atoms with van der Waals surface area (Å²) in [6.07, 6.45) is 0. The monoisotopic (exact) mass is 452 g/mol. The summed E-state index contributed by atoms with van der Waals surface area (Å²) in [5.41, 5.74) is 1.85. The Morgan fingerprint density at radius 3 is 2.10 bits per heavy atom. The Morgan fingerprint density at radius 1 is 0.900 bits per heavy atom. The van der Waals surface area contributed by atoms with Crippen molar-refractivity contribution in [3.8, 4) is 0 Å². The number of aryl methyl sites for hydroxylation is 1. The number of anilines is 1. The Balaban J connectivity index is 1.53. The van der Waals surface area contributed by atoms with E-state index in [1.807, 2.05) is 11.8 Å². The van der Waals surface area contributed by atoms with E-state index in [-0.39, 0.29) is 22.2 Å². The number of piperazine rings is 1. The minimum absolute atomic E-state index is 0.140. The molecule has 0 spiro atoms. The summed E-state index contributed by atoms with van der Waals surface area (Å²) in [7, 11) is -7.21. The van der Waals surface area contributed by atoms with Crippen molar-refractivity contribution in [1.29, 1.82) is 0 Å². The summed E-state index contributed by atoms with van der Waals surface area (Å²) < 4.78 is 64.5. The van der Waals surface area contributed by atoms with Crippen molar-refractivity contribution in [3.63, 3.8) is 0 Å². The molecular weight excluding hydrogens is 427 g/mol. The lowest BCUT2D eigenvalue weighted by molar-refractivity contribution is 0.201. The molecule has 2 fully saturated rings. The molecule has 2 aliphatic heterocycles. The van der Waals surface area contributed by atoms with Crippen LogP contribution in [0.25, 0.3) is 0 Å². The van der Waals surface area contributed by atoms with Gasteiger partial charge in [0, 0.05) is 37.9 Å². The van der Waals surface area contributed by atoms with Crippen molar-refractivity contribution in [2.24, 2.45) is 0 Å². The normalized spacial score (nSPS) is 24.8. The second kappa shape index (κ2) is 7.94. The van der Waals surface area contributed by atoms with E-state index in [9.17, 15) is 21.2 Å². The minimum atomic E-state index is -3.77. The van der Waals surface area contributed by atoms with E-state index in [0.29, 0.717) is 26.2 Å². The number of rotatable bonds is 4. The number of nitrogens with zero attached hydrogens (tertiary/aromatic N) is 2. The van der Waals surface area contributed by atoms with Gasteiger partial charge in [-0.1, -0.05) is 17.7 Å². The van der Waals surface area contributed by atoms with Crippen molar-refractivity contribution >= 4 is 25.4 Å². The zero-order valence-electron chi connectivity index (χ0n) is 16.7. The van der Waals surface area contributed by atoms with Crippen LogP contribution in [0.2, 0.25) is 0 Å². The second-order valence-electron chi connectivity index (χ2n) is 8.04. The average Bonchev–Trinajstić information content (AvgIpc) is 3.05. The maximum absolute atomic E-state index is 13.3. The fraction of sp³-hybridized carbons (Fsp3) is 0.429. The molecular formula is C21H25FN2O4S2. The number of hydrogen-bond donors (Lipinski definition) is 0. The zero-order chi connectivity index (χ0) is 21.5. The molecule has 2 aromatic carbocycles. The van der Waals surface area contributed by atoms with Gasteiger partial charge in [0.2, 0.25) is 0 Å². The number of benzene rings is 2. The summed E-state index contributed by atoms with van der Waals surface area (Å²) >= 11 is 0. The van der Waals surface area contributed by atoms with Crippen molar-refractivity contribution in [2.75, 3.05) is 42.6 Å². The van der Waals surface area contributed by atoms with Crippen molar-refractivity contribution in [2.45, 2.75) is 23.1 Å². The fourth-order valence-corrected chi connectivity index (χ4v) is 9.13. The maximum atomic E-state index is 13.3. The minimum Gasteiger partial charge on any atom is -0.369 e. The highest BCUT2D eigenvalue weighted by molar-refractivity contribution is 7.96. The van der Waals surface area contributed by atoms with Gasteiger partial charge >= 0.3 is 0 Å². The molecule has 0 aliphatic carbocycles. The van der Waals surface area contributed by atoms with E-state index in [1.54, 1.807) is 36.4 Å². The molecule has 4 rings (SSSR count).